The van der Waals surface area contributed by atoms with Crippen LogP contribution in [0.4, 0.5) is 5.69 Å². The molecule has 12 heteroatoms. The Kier molecular flexibility index (Phi) is 13.6. The van der Waals surface area contributed by atoms with Gasteiger partial charge in [-0.15, -0.1) is 0 Å². The van der Waals surface area contributed by atoms with E-state index in [2.05, 4.69) is 16.0 Å². The minimum absolute atomic E-state index is 0.0558. The second-order valence-corrected chi connectivity index (χ2v) is 11.8. The molecule has 0 radical (unpaired) electrons. The van der Waals surface area contributed by atoms with Crippen LogP contribution in [0.25, 0.3) is 0 Å². The predicted octanol–water partition coefficient (Wildman–Crippen LogP) is 3.98. The normalized spacial score (nSPS) is 14.0. The lowest BCUT2D eigenvalue weighted by molar-refractivity contribution is -0.139. The van der Waals surface area contributed by atoms with Crippen molar-refractivity contribution in [2.75, 3.05) is 39.2 Å². The van der Waals surface area contributed by atoms with Crippen LogP contribution in [0.2, 0.25) is 0 Å². The number of ether oxygens (including phenoxy) is 3. The summed E-state index contributed by atoms with van der Waals surface area (Å²) in [7, 11) is 3.25. The molecular formula is C37H44N4O8. The molecule has 0 aromatic heterocycles. The summed E-state index contributed by atoms with van der Waals surface area (Å²) >= 11 is 0. The summed E-state index contributed by atoms with van der Waals surface area (Å²) in [6.07, 6.45) is 4.66. The molecule has 0 bridgehead atoms. The van der Waals surface area contributed by atoms with Crippen molar-refractivity contribution in [3.8, 4) is 17.2 Å². The van der Waals surface area contributed by atoms with Gasteiger partial charge in [0.15, 0.2) is 18.1 Å². The molecule has 260 valence electrons. The molecule has 1 saturated heterocycles. The second kappa shape index (κ2) is 18.2. The van der Waals surface area contributed by atoms with Crippen molar-refractivity contribution < 1.29 is 38.2 Å². The van der Waals surface area contributed by atoms with Crippen molar-refractivity contribution in [3.63, 3.8) is 0 Å². The van der Waals surface area contributed by atoms with E-state index in [1.807, 2.05) is 48.5 Å². The molecule has 5 amide bonds. The number of rotatable bonds is 18. The summed E-state index contributed by atoms with van der Waals surface area (Å²) in [6.45, 7) is 2.74. The number of piperidine rings is 1. The molecule has 1 fully saturated rings. The number of carbonyl (C=O) groups is 5. The van der Waals surface area contributed by atoms with Crippen molar-refractivity contribution in [2.45, 2.75) is 57.9 Å². The van der Waals surface area contributed by atoms with Crippen LogP contribution in [0.15, 0.2) is 60.7 Å². The standard InChI is InChI=1S/C37H44N4O8/c1-25-12-14-28(22-30(25)37(46)41(24-42)31-15-17-34(43)40-36(31)45)38-18-4-5-19-39-35(44)23-49-29-11-7-10-26(20-29)8-6-9-27-13-16-32(47-2)33(21-27)48-3/h7,10-14,16,20-22,24,31,38H,4-6,8-9,15,17-19,23H2,1-3H3,(H,39,44)(H,40,43,45). The van der Waals surface area contributed by atoms with Crippen molar-refractivity contribution in [1.82, 2.24) is 15.5 Å². The zero-order valence-electron chi connectivity index (χ0n) is 28.2. The number of nitrogens with one attached hydrogen (secondary N) is 3. The molecule has 49 heavy (non-hydrogen) atoms. The van der Waals surface area contributed by atoms with Crippen LogP contribution in [0, 0.1) is 6.92 Å². The third kappa shape index (κ3) is 10.6. The molecule has 4 rings (SSSR count). The number of hydrogen-bond donors (Lipinski definition) is 3. The lowest BCUT2D eigenvalue weighted by Crippen LogP contribution is -2.53. The van der Waals surface area contributed by atoms with E-state index in [1.54, 1.807) is 33.3 Å². The maximum Gasteiger partial charge on any atom is 0.261 e. The molecular weight excluding hydrogens is 628 g/mol. The van der Waals surface area contributed by atoms with Crippen LogP contribution >= 0.6 is 0 Å². The lowest BCUT2D eigenvalue weighted by atomic mass is 10.0. The van der Waals surface area contributed by atoms with Crippen LogP contribution in [0.1, 0.15) is 59.2 Å². The summed E-state index contributed by atoms with van der Waals surface area (Å²) in [5, 5.41) is 8.31. The number of nitrogens with zero attached hydrogens (tertiary/aromatic N) is 1. The van der Waals surface area contributed by atoms with Crippen LogP contribution in [-0.2, 0) is 32.0 Å². The number of aryl methyl sites for hydroxylation is 3. The number of amides is 5. The van der Waals surface area contributed by atoms with E-state index in [0.29, 0.717) is 42.2 Å². The first-order valence-corrected chi connectivity index (χ1v) is 16.4. The van der Waals surface area contributed by atoms with E-state index in [-0.39, 0.29) is 30.9 Å². The predicted molar refractivity (Wildman–Crippen MR) is 184 cm³/mol. The molecule has 1 aliphatic heterocycles. The van der Waals surface area contributed by atoms with Gasteiger partial charge in [0, 0.05) is 30.8 Å². The summed E-state index contributed by atoms with van der Waals surface area (Å²) in [4.78, 5) is 61.9. The zero-order chi connectivity index (χ0) is 35.2. The van der Waals surface area contributed by atoms with E-state index in [1.165, 1.54) is 5.56 Å². The fourth-order valence-corrected chi connectivity index (χ4v) is 5.55. The second-order valence-electron chi connectivity index (χ2n) is 11.8. The Morgan fingerprint density at radius 2 is 1.67 bits per heavy atom. The maximum atomic E-state index is 13.2. The van der Waals surface area contributed by atoms with Gasteiger partial charge in [0.25, 0.3) is 11.8 Å². The SMILES string of the molecule is COc1ccc(CCCc2cccc(OCC(=O)NCCCCNc3ccc(C)c(C(=O)N(C=O)C4CCC(=O)NC4=O)c3)c2)cc1OC. The lowest BCUT2D eigenvalue weighted by Gasteiger charge is -2.28. The van der Waals surface area contributed by atoms with E-state index in [4.69, 9.17) is 14.2 Å². The zero-order valence-corrected chi connectivity index (χ0v) is 28.2. The first-order chi connectivity index (χ1) is 23.7. The maximum absolute atomic E-state index is 13.2. The minimum Gasteiger partial charge on any atom is -0.493 e. The number of carbonyl (C=O) groups excluding carboxylic acids is 5. The smallest absolute Gasteiger partial charge is 0.261 e. The average Bonchev–Trinajstić information content (AvgIpc) is 3.10. The summed E-state index contributed by atoms with van der Waals surface area (Å²) in [5.41, 5.74) is 3.92. The molecule has 3 N–H and O–H groups in total. The number of imide groups is 2. The van der Waals surface area contributed by atoms with Crippen molar-refractivity contribution in [3.05, 3.63) is 82.9 Å². The van der Waals surface area contributed by atoms with E-state index in [9.17, 15) is 24.0 Å². The van der Waals surface area contributed by atoms with Crippen LogP contribution in [0.5, 0.6) is 17.2 Å². The monoisotopic (exact) mass is 672 g/mol. The quantitative estimate of drug-likeness (QED) is 0.104. The Balaban J connectivity index is 1.14. The van der Waals surface area contributed by atoms with Gasteiger partial charge in [0.05, 0.1) is 14.2 Å². The van der Waals surface area contributed by atoms with Gasteiger partial charge >= 0.3 is 0 Å². The van der Waals surface area contributed by atoms with Crippen molar-refractivity contribution >= 4 is 35.7 Å². The van der Waals surface area contributed by atoms with E-state index < -0.39 is 23.8 Å². The Morgan fingerprint density at radius 3 is 2.41 bits per heavy atom. The van der Waals surface area contributed by atoms with E-state index >= 15 is 0 Å². The fourth-order valence-electron chi connectivity index (χ4n) is 5.55. The Bertz CT molecular complexity index is 1640. The first kappa shape index (κ1) is 36.4. The number of anilines is 1. The highest BCUT2D eigenvalue weighted by Crippen LogP contribution is 2.28. The number of hydrogen-bond acceptors (Lipinski definition) is 9. The van der Waals surface area contributed by atoms with Gasteiger partial charge in [-0.05, 0) is 98.5 Å². The van der Waals surface area contributed by atoms with Gasteiger partial charge in [-0.3, -0.25) is 34.2 Å². The number of unbranched alkanes of at least 4 members (excludes halogenated alkanes) is 1. The highest BCUT2D eigenvalue weighted by molar-refractivity contribution is 6.07. The highest BCUT2D eigenvalue weighted by Gasteiger charge is 2.35. The Labute approximate surface area is 286 Å². The first-order valence-electron chi connectivity index (χ1n) is 16.4. The summed E-state index contributed by atoms with van der Waals surface area (Å²) in [6, 6.07) is 17.9. The van der Waals surface area contributed by atoms with Gasteiger partial charge < -0.3 is 24.8 Å². The Morgan fingerprint density at radius 1 is 0.918 bits per heavy atom. The van der Waals surface area contributed by atoms with E-state index in [0.717, 1.165) is 48.3 Å². The van der Waals surface area contributed by atoms with Gasteiger partial charge in [0.1, 0.15) is 11.8 Å². The van der Waals surface area contributed by atoms with Gasteiger partial charge in [-0.2, -0.15) is 0 Å². The van der Waals surface area contributed by atoms with Gasteiger partial charge in [0.2, 0.25) is 18.2 Å². The average molecular weight is 673 g/mol. The molecule has 0 saturated carbocycles. The molecule has 12 nitrogen and oxygen atoms in total. The van der Waals surface area contributed by atoms with Crippen molar-refractivity contribution in [2.24, 2.45) is 0 Å². The third-order valence-electron chi connectivity index (χ3n) is 8.26. The molecule has 1 aliphatic rings. The fraction of sp³-hybridized carbons (Fsp3) is 0.378. The molecule has 3 aromatic carbocycles. The Hall–Kier alpha value is -5.39. The molecule has 1 atom stereocenters. The molecule has 1 unspecified atom stereocenters. The number of methoxy groups -OCH3 is 2. The summed E-state index contributed by atoms with van der Waals surface area (Å²) < 4.78 is 16.4. The van der Waals surface area contributed by atoms with Crippen LogP contribution in [-0.4, -0.2) is 74.9 Å². The van der Waals surface area contributed by atoms with Crippen LogP contribution < -0.4 is 30.2 Å². The minimum atomic E-state index is -1.03. The molecule has 3 aromatic rings. The van der Waals surface area contributed by atoms with Gasteiger partial charge in [-0.1, -0.05) is 24.3 Å². The summed E-state index contributed by atoms with van der Waals surface area (Å²) in [5.74, 6) is 0.181. The largest absolute Gasteiger partial charge is 0.493 e. The van der Waals surface area contributed by atoms with Crippen LogP contribution in [0.3, 0.4) is 0 Å². The molecule has 0 aliphatic carbocycles. The molecule has 1 heterocycles. The third-order valence-corrected chi connectivity index (χ3v) is 8.26. The van der Waals surface area contributed by atoms with Crippen molar-refractivity contribution in [1.29, 1.82) is 0 Å². The van der Waals surface area contributed by atoms with Gasteiger partial charge in [-0.25, -0.2) is 0 Å². The topological polar surface area (TPSA) is 152 Å². The number of benzene rings is 3. The highest BCUT2D eigenvalue weighted by atomic mass is 16.5. The molecule has 0 spiro atoms.